The summed E-state index contributed by atoms with van der Waals surface area (Å²) in [7, 11) is 0. The minimum atomic E-state index is -0.115. The third-order valence-corrected chi connectivity index (χ3v) is 7.97. The molecule has 2 atom stereocenters. The Morgan fingerprint density at radius 3 is 2.80 bits per heavy atom. The van der Waals surface area contributed by atoms with E-state index in [1.807, 2.05) is 53.0 Å². The summed E-state index contributed by atoms with van der Waals surface area (Å²) in [6.45, 7) is 4.67. The fourth-order valence-electron chi connectivity index (χ4n) is 4.15. The Balaban J connectivity index is 1.44. The molecule has 0 spiro atoms. The van der Waals surface area contributed by atoms with Gasteiger partial charge in [-0.2, -0.15) is 0 Å². The first-order chi connectivity index (χ1) is 14.4. The third kappa shape index (κ3) is 3.40. The van der Waals surface area contributed by atoms with Gasteiger partial charge in [-0.05, 0) is 83.8 Å². The number of anilines is 1. The quantitative estimate of drug-likeness (QED) is 0.290. The van der Waals surface area contributed by atoms with Crippen molar-refractivity contribution in [3.05, 3.63) is 51.4 Å². The number of fused-ring (bicyclic) bond motifs is 1. The zero-order chi connectivity index (χ0) is 21.0. The average Bonchev–Trinajstić information content (AvgIpc) is 3.38. The number of aromatic amines is 1. The lowest BCUT2D eigenvalue weighted by Gasteiger charge is -2.47. The number of nitrogens with one attached hydrogen (secondary N) is 1. The van der Waals surface area contributed by atoms with Crippen LogP contribution in [-0.4, -0.2) is 28.1 Å². The van der Waals surface area contributed by atoms with E-state index in [2.05, 4.69) is 51.6 Å². The van der Waals surface area contributed by atoms with Gasteiger partial charge in [0, 0.05) is 9.26 Å². The number of benzene rings is 2. The summed E-state index contributed by atoms with van der Waals surface area (Å²) in [6.07, 6.45) is 3.76. The van der Waals surface area contributed by atoms with Gasteiger partial charge in [0.05, 0.1) is 29.3 Å². The van der Waals surface area contributed by atoms with Crippen LogP contribution in [-0.2, 0) is 7.86 Å². The monoisotopic (exact) mass is 629 g/mol. The van der Waals surface area contributed by atoms with Crippen LogP contribution in [0.3, 0.4) is 0 Å². The molecule has 2 unspecified atom stereocenters. The van der Waals surface area contributed by atoms with Crippen LogP contribution in [0.4, 0.5) is 5.69 Å². The van der Waals surface area contributed by atoms with Crippen molar-refractivity contribution in [1.82, 2.24) is 9.97 Å². The normalized spacial score (nSPS) is 22.3. The number of halogens is 2. The van der Waals surface area contributed by atoms with Gasteiger partial charge in [-0.25, -0.2) is 4.98 Å². The summed E-state index contributed by atoms with van der Waals surface area (Å²) in [6, 6.07) is 10.1. The van der Waals surface area contributed by atoms with Gasteiger partial charge in [-0.1, -0.05) is 6.92 Å². The molecule has 0 radical (unpaired) electrons. The number of carbonyl (C=O) groups excluding carboxylic acids is 1. The minimum Gasteiger partial charge on any atom is -0.490 e. The second-order valence-electron chi connectivity index (χ2n) is 8.23. The van der Waals surface area contributed by atoms with Gasteiger partial charge in [-0.3, -0.25) is 4.79 Å². The summed E-state index contributed by atoms with van der Waals surface area (Å²) >= 11 is 4.33. The van der Waals surface area contributed by atoms with Crippen LogP contribution >= 0.6 is 45.6 Å². The Morgan fingerprint density at radius 2 is 2.10 bits per heavy atom. The van der Waals surface area contributed by atoms with Gasteiger partial charge in [0.25, 0.3) is 0 Å². The SMILES string of the molecule is Cc1cc(OCC2(OI)CC2)cc(I)c1C1C(C)C(=O)N1c1ccc2nc[nH]c2c1. The largest absolute Gasteiger partial charge is 0.490 e. The standard InChI is InChI=1S/C22H21I2N3O3/c1-12-7-15(29-10-22(30-24)5-6-22)9-16(23)19(12)20-13(2)21(28)27(20)14-3-4-17-18(8-14)26-11-25-17/h3-4,7-9,11,13,20H,5-6,10H2,1-2H3,(H,25,26). The molecule has 1 aliphatic heterocycles. The van der Waals surface area contributed by atoms with Crippen molar-refractivity contribution in [1.29, 1.82) is 0 Å². The van der Waals surface area contributed by atoms with E-state index in [0.29, 0.717) is 6.61 Å². The van der Waals surface area contributed by atoms with Gasteiger partial charge in [-0.15, -0.1) is 0 Å². The number of rotatable bonds is 6. The van der Waals surface area contributed by atoms with E-state index in [1.165, 1.54) is 5.56 Å². The molecular weight excluding hydrogens is 608 g/mol. The first-order valence-corrected chi connectivity index (χ1v) is 11.9. The Kier molecular flexibility index (Phi) is 5.21. The van der Waals surface area contributed by atoms with Gasteiger partial charge < -0.3 is 17.7 Å². The highest BCUT2D eigenvalue weighted by Crippen LogP contribution is 2.47. The topological polar surface area (TPSA) is 67.5 Å². The molecule has 2 fully saturated rings. The maximum Gasteiger partial charge on any atom is 0.232 e. The lowest BCUT2D eigenvalue weighted by molar-refractivity contribution is -0.129. The number of H-pyrrole nitrogens is 1. The fraction of sp³-hybridized carbons (Fsp3) is 0.364. The van der Waals surface area contributed by atoms with E-state index >= 15 is 0 Å². The maximum absolute atomic E-state index is 12.8. The van der Waals surface area contributed by atoms with Gasteiger partial charge in [0.2, 0.25) is 5.91 Å². The van der Waals surface area contributed by atoms with Crippen LogP contribution < -0.4 is 9.64 Å². The van der Waals surface area contributed by atoms with Crippen LogP contribution in [0.2, 0.25) is 0 Å². The molecule has 3 aromatic rings. The molecule has 1 amide bonds. The molecule has 1 aliphatic carbocycles. The highest BCUT2D eigenvalue weighted by molar-refractivity contribution is 14.1. The van der Waals surface area contributed by atoms with Crippen LogP contribution in [0.15, 0.2) is 36.7 Å². The molecule has 30 heavy (non-hydrogen) atoms. The molecule has 156 valence electrons. The Hall–Kier alpha value is -1.40. The molecule has 2 aliphatic rings. The molecule has 0 bridgehead atoms. The highest BCUT2D eigenvalue weighted by Gasteiger charge is 2.48. The molecule has 1 aromatic heterocycles. The second-order valence-corrected chi connectivity index (χ2v) is 9.83. The summed E-state index contributed by atoms with van der Waals surface area (Å²) in [5.74, 6) is 0.928. The zero-order valence-corrected chi connectivity index (χ0v) is 20.9. The number of hydrogen-bond acceptors (Lipinski definition) is 4. The van der Waals surface area contributed by atoms with Crippen molar-refractivity contribution in [3.63, 3.8) is 0 Å². The summed E-state index contributed by atoms with van der Waals surface area (Å²) in [5, 5.41) is 0. The van der Waals surface area contributed by atoms with E-state index in [-0.39, 0.29) is 23.5 Å². The number of hydrogen-bond donors (Lipinski definition) is 1. The summed E-state index contributed by atoms with van der Waals surface area (Å²) in [5.41, 5.74) is 4.92. The number of amides is 1. The van der Waals surface area contributed by atoms with Gasteiger partial charge in [0.15, 0.2) is 0 Å². The number of imidazole rings is 1. The van der Waals surface area contributed by atoms with Crippen LogP contribution in [0.5, 0.6) is 5.75 Å². The number of nitrogens with zero attached hydrogens (tertiary/aromatic N) is 2. The zero-order valence-electron chi connectivity index (χ0n) is 16.6. The lowest BCUT2D eigenvalue weighted by Crippen LogP contribution is -2.54. The summed E-state index contributed by atoms with van der Waals surface area (Å²) in [4.78, 5) is 22.1. The smallest absolute Gasteiger partial charge is 0.232 e. The number of β-lactam (4-membered cyclic amide) rings is 1. The van der Waals surface area contributed by atoms with E-state index in [4.69, 9.17) is 7.80 Å². The van der Waals surface area contributed by atoms with Crippen molar-refractivity contribution in [2.45, 2.75) is 38.3 Å². The van der Waals surface area contributed by atoms with Gasteiger partial charge in [0.1, 0.15) is 41.0 Å². The predicted octanol–water partition coefficient (Wildman–Crippen LogP) is 5.48. The third-order valence-electron chi connectivity index (χ3n) is 6.14. The summed E-state index contributed by atoms with van der Waals surface area (Å²) < 4.78 is 12.7. The van der Waals surface area contributed by atoms with Crippen LogP contribution in [0, 0.1) is 16.4 Å². The minimum absolute atomic E-state index is 0.00581. The molecule has 5 rings (SSSR count). The van der Waals surface area contributed by atoms with Crippen molar-refractivity contribution >= 4 is 68.2 Å². The molecule has 2 aromatic carbocycles. The van der Waals surface area contributed by atoms with Crippen molar-refractivity contribution < 1.29 is 12.6 Å². The molecule has 1 saturated carbocycles. The molecule has 1 saturated heterocycles. The lowest BCUT2D eigenvalue weighted by atomic mass is 9.81. The Bertz CT molecular complexity index is 1120. The fourth-order valence-corrected chi connectivity index (χ4v) is 5.77. The van der Waals surface area contributed by atoms with Crippen molar-refractivity contribution in [3.8, 4) is 5.75 Å². The van der Waals surface area contributed by atoms with E-state index in [0.717, 1.165) is 44.4 Å². The van der Waals surface area contributed by atoms with E-state index in [1.54, 1.807) is 6.33 Å². The first-order valence-electron chi connectivity index (χ1n) is 9.91. The van der Waals surface area contributed by atoms with E-state index in [9.17, 15) is 4.79 Å². The van der Waals surface area contributed by atoms with Crippen molar-refractivity contribution in [2.75, 3.05) is 11.5 Å². The van der Waals surface area contributed by atoms with E-state index < -0.39 is 0 Å². The Morgan fingerprint density at radius 1 is 1.30 bits per heavy atom. The molecule has 6 nitrogen and oxygen atoms in total. The number of ether oxygens (including phenoxy) is 1. The number of carbonyl (C=O) groups is 1. The predicted molar refractivity (Wildman–Crippen MR) is 132 cm³/mol. The number of aromatic nitrogens is 2. The van der Waals surface area contributed by atoms with Gasteiger partial charge >= 0.3 is 0 Å². The second kappa shape index (κ2) is 7.63. The highest BCUT2D eigenvalue weighted by atomic mass is 127. The maximum atomic E-state index is 12.8. The number of aryl methyl sites for hydroxylation is 1. The van der Waals surface area contributed by atoms with Crippen LogP contribution in [0.25, 0.3) is 11.0 Å². The molecule has 2 heterocycles. The first kappa shape index (κ1) is 20.5. The Labute approximate surface area is 202 Å². The molecule has 1 N–H and O–H groups in total. The van der Waals surface area contributed by atoms with Crippen LogP contribution in [0.1, 0.15) is 36.9 Å². The van der Waals surface area contributed by atoms with Crippen molar-refractivity contribution in [2.24, 2.45) is 5.92 Å². The average molecular weight is 629 g/mol. The molecule has 8 heteroatoms. The molecular formula is C22H21I2N3O3.